The molecule has 0 aliphatic rings. The lowest BCUT2D eigenvalue weighted by atomic mass is 10.2. The van der Waals surface area contributed by atoms with Crippen molar-refractivity contribution < 1.29 is 14.2 Å². The Hall–Kier alpha value is -2.97. The van der Waals surface area contributed by atoms with E-state index in [0.29, 0.717) is 12.3 Å². The highest BCUT2D eigenvalue weighted by Gasteiger charge is 2.19. The summed E-state index contributed by atoms with van der Waals surface area (Å²) in [6.45, 7) is 4.03. The summed E-state index contributed by atoms with van der Waals surface area (Å²) < 4.78 is 4.84. The van der Waals surface area contributed by atoms with Gasteiger partial charge in [-0.15, -0.1) is 0 Å². The van der Waals surface area contributed by atoms with Gasteiger partial charge in [0.25, 0.3) is 11.6 Å². The fourth-order valence-electron chi connectivity index (χ4n) is 1.64. The molecule has 0 unspecified atom stereocenters. The third-order valence-corrected chi connectivity index (χ3v) is 2.54. The lowest BCUT2D eigenvalue weighted by molar-refractivity contribution is -0.385. The van der Waals surface area contributed by atoms with Crippen molar-refractivity contribution in [3.8, 4) is 0 Å². The molecule has 2 aromatic rings. The highest BCUT2D eigenvalue weighted by Crippen LogP contribution is 2.20. The Balaban J connectivity index is 2.32. The number of pyridine rings is 1. The van der Waals surface area contributed by atoms with Gasteiger partial charge in [0.2, 0.25) is 0 Å². The first kappa shape index (κ1) is 14.4. The summed E-state index contributed by atoms with van der Waals surface area (Å²) in [5.41, 5.74) is -0.204. The van der Waals surface area contributed by atoms with E-state index in [4.69, 9.17) is 4.52 Å². The maximum atomic E-state index is 12.2. The van der Waals surface area contributed by atoms with Crippen LogP contribution in [0.3, 0.4) is 0 Å². The van der Waals surface area contributed by atoms with Gasteiger partial charge in [-0.05, 0) is 13.8 Å². The molecule has 0 aromatic carbocycles. The summed E-state index contributed by atoms with van der Waals surface area (Å²) in [7, 11) is 0. The van der Waals surface area contributed by atoms with E-state index >= 15 is 0 Å². The zero-order valence-electron chi connectivity index (χ0n) is 11.4. The van der Waals surface area contributed by atoms with E-state index in [-0.39, 0.29) is 22.9 Å². The largest absolute Gasteiger partial charge is 0.370 e. The predicted octanol–water partition coefficient (Wildman–Crippen LogP) is 1.97. The van der Waals surface area contributed by atoms with Crippen LogP contribution in [-0.2, 0) is 0 Å². The van der Waals surface area contributed by atoms with Crippen LogP contribution >= 0.6 is 0 Å². The molecule has 0 fully saturated rings. The maximum absolute atomic E-state index is 12.2. The quantitative estimate of drug-likeness (QED) is 0.637. The van der Waals surface area contributed by atoms with Gasteiger partial charge in [0.05, 0.1) is 10.5 Å². The van der Waals surface area contributed by atoms with Crippen molar-refractivity contribution in [1.82, 2.24) is 10.1 Å². The SMILES string of the molecule is CCNc1ncc([N+](=O)[O-])cc1C(=O)Nc1cc(C)on1. The Morgan fingerprint density at radius 3 is 2.81 bits per heavy atom. The van der Waals surface area contributed by atoms with Crippen LogP contribution in [0, 0.1) is 17.0 Å². The normalized spacial score (nSPS) is 10.2. The van der Waals surface area contributed by atoms with Gasteiger partial charge in [0, 0.05) is 18.7 Å². The summed E-state index contributed by atoms with van der Waals surface area (Å²) in [5, 5.41) is 19.8. The molecule has 0 saturated heterocycles. The molecule has 21 heavy (non-hydrogen) atoms. The molecular formula is C12H13N5O4. The van der Waals surface area contributed by atoms with Crippen LogP contribution < -0.4 is 10.6 Å². The zero-order valence-corrected chi connectivity index (χ0v) is 11.4. The van der Waals surface area contributed by atoms with Gasteiger partial charge in [0.15, 0.2) is 5.82 Å². The molecule has 0 atom stereocenters. The minimum atomic E-state index is -0.611. The van der Waals surface area contributed by atoms with Crippen molar-refractivity contribution in [1.29, 1.82) is 0 Å². The van der Waals surface area contributed by atoms with Crippen LogP contribution in [0.4, 0.5) is 17.3 Å². The van der Waals surface area contributed by atoms with Crippen LogP contribution in [-0.4, -0.2) is 27.5 Å². The number of nitrogens with zero attached hydrogens (tertiary/aromatic N) is 3. The molecule has 2 aromatic heterocycles. The highest BCUT2D eigenvalue weighted by molar-refractivity contribution is 6.07. The molecule has 2 N–H and O–H groups in total. The lowest BCUT2D eigenvalue weighted by Gasteiger charge is -2.08. The van der Waals surface area contributed by atoms with Crippen molar-refractivity contribution >= 4 is 23.2 Å². The number of hydrogen-bond acceptors (Lipinski definition) is 7. The van der Waals surface area contributed by atoms with Crippen LogP contribution in [0.15, 0.2) is 22.9 Å². The number of rotatable bonds is 5. The average Bonchev–Trinajstić information content (AvgIpc) is 2.84. The van der Waals surface area contributed by atoms with Gasteiger partial charge < -0.3 is 15.2 Å². The van der Waals surface area contributed by atoms with Gasteiger partial charge in [0.1, 0.15) is 17.8 Å². The Kier molecular flexibility index (Phi) is 4.12. The molecule has 110 valence electrons. The zero-order chi connectivity index (χ0) is 15.4. The topological polar surface area (TPSA) is 123 Å². The fraction of sp³-hybridized carbons (Fsp3) is 0.250. The number of hydrogen-bond donors (Lipinski definition) is 2. The minimum Gasteiger partial charge on any atom is -0.370 e. The van der Waals surface area contributed by atoms with Crippen LogP contribution in [0.2, 0.25) is 0 Å². The van der Waals surface area contributed by atoms with Crippen molar-refractivity contribution in [2.75, 3.05) is 17.2 Å². The molecular weight excluding hydrogens is 278 g/mol. The Bertz CT molecular complexity index is 682. The monoisotopic (exact) mass is 291 g/mol. The molecule has 9 nitrogen and oxygen atoms in total. The number of nitrogens with one attached hydrogen (secondary N) is 2. The Morgan fingerprint density at radius 1 is 1.48 bits per heavy atom. The van der Waals surface area contributed by atoms with Crippen LogP contribution in [0.25, 0.3) is 0 Å². The van der Waals surface area contributed by atoms with E-state index in [1.165, 1.54) is 6.07 Å². The van der Waals surface area contributed by atoms with Gasteiger partial charge in [-0.25, -0.2) is 4.98 Å². The summed E-state index contributed by atoms with van der Waals surface area (Å²) in [6, 6.07) is 2.70. The van der Waals surface area contributed by atoms with E-state index < -0.39 is 10.8 Å². The Labute approximate surface area is 119 Å². The summed E-state index contributed by atoms with van der Waals surface area (Å²) in [5.74, 6) is 0.470. The van der Waals surface area contributed by atoms with E-state index in [9.17, 15) is 14.9 Å². The van der Waals surface area contributed by atoms with Gasteiger partial charge >= 0.3 is 0 Å². The van der Waals surface area contributed by atoms with E-state index in [0.717, 1.165) is 12.3 Å². The summed E-state index contributed by atoms with van der Waals surface area (Å²) in [4.78, 5) is 26.3. The molecule has 0 aliphatic heterocycles. The molecule has 2 rings (SSSR count). The second-order valence-electron chi connectivity index (χ2n) is 4.15. The van der Waals surface area contributed by atoms with E-state index in [1.54, 1.807) is 6.92 Å². The van der Waals surface area contributed by atoms with Gasteiger partial charge in [-0.2, -0.15) is 0 Å². The number of amides is 1. The highest BCUT2D eigenvalue weighted by atomic mass is 16.6. The molecule has 9 heteroatoms. The standard InChI is InChI=1S/C12H13N5O4/c1-3-13-11-9(5-8(6-14-11)17(19)20)12(18)15-10-4-7(2)21-16-10/h4-6H,3H2,1-2H3,(H,13,14)(H,15,16,18). The number of carbonyl (C=O) groups excluding carboxylic acids is 1. The molecule has 0 spiro atoms. The van der Waals surface area contributed by atoms with Gasteiger partial charge in [-0.1, -0.05) is 5.16 Å². The third kappa shape index (κ3) is 3.32. The van der Waals surface area contributed by atoms with E-state index in [2.05, 4.69) is 20.8 Å². The third-order valence-electron chi connectivity index (χ3n) is 2.54. The summed E-state index contributed by atoms with van der Waals surface area (Å²) in [6.07, 6.45) is 1.09. The van der Waals surface area contributed by atoms with Crippen LogP contribution in [0.5, 0.6) is 0 Å². The number of nitro groups is 1. The molecule has 0 aliphatic carbocycles. The number of aromatic nitrogens is 2. The number of anilines is 2. The predicted molar refractivity (Wildman–Crippen MR) is 74.2 cm³/mol. The van der Waals surface area contributed by atoms with Crippen molar-refractivity contribution in [2.45, 2.75) is 13.8 Å². The fourth-order valence-corrected chi connectivity index (χ4v) is 1.64. The van der Waals surface area contributed by atoms with Crippen molar-refractivity contribution in [3.63, 3.8) is 0 Å². The summed E-state index contributed by atoms with van der Waals surface area (Å²) >= 11 is 0. The number of aryl methyl sites for hydroxylation is 1. The first-order valence-electron chi connectivity index (χ1n) is 6.14. The first-order valence-corrected chi connectivity index (χ1v) is 6.14. The molecule has 0 saturated carbocycles. The van der Waals surface area contributed by atoms with Gasteiger partial charge in [-0.3, -0.25) is 14.9 Å². The second kappa shape index (κ2) is 5.99. The molecule has 1 amide bonds. The van der Waals surface area contributed by atoms with E-state index in [1.807, 2.05) is 6.92 Å². The number of carbonyl (C=O) groups is 1. The van der Waals surface area contributed by atoms with Crippen LogP contribution in [0.1, 0.15) is 23.0 Å². The first-order chi connectivity index (χ1) is 10.0. The van der Waals surface area contributed by atoms with Crippen molar-refractivity contribution in [2.24, 2.45) is 0 Å². The average molecular weight is 291 g/mol. The molecule has 2 heterocycles. The second-order valence-corrected chi connectivity index (χ2v) is 4.15. The Morgan fingerprint density at radius 2 is 2.24 bits per heavy atom. The minimum absolute atomic E-state index is 0.0618. The maximum Gasteiger partial charge on any atom is 0.288 e. The molecule has 0 bridgehead atoms. The molecule has 0 radical (unpaired) electrons. The lowest BCUT2D eigenvalue weighted by Crippen LogP contribution is -2.16. The van der Waals surface area contributed by atoms with Crippen molar-refractivity contribution in [3.05, 3.63) is 39.8 Å². The smallest absolute Gasteiger partial charge is 0.288 e.